The van der Waals surface area contributed by atoms with Crippen LogP contribution in [0.4, 0.5) is 0 Å². The first-order valence-corrected chi connectivity index (χ1v) is 5.23. The molecule has 0 unspecified atom stereocenters. The van der Waals surface area contributed by atoms with Crippen LogP contribution in [-0.2, 0) is 4.79 Å². The number of carbonyl (C=O) groups is 1. The maximum atomic E-state index is 11.5. The van der Waals surface area contributed by atoms with E-state index in [9.17, 15) is 9.90 Å². The average molecular weight is 228 g/mol. The molecule has 1 aromatic rings. The summed E-state index contributed by atoms with van der Waals surface area (Å²) in [6.45, 7) is 0. The summed E-state index contributed by atoms with van der Waals surface area (Å²) in [4.78, 5) is 11.5. The Kier molecular flexibility index (Phi) is 3.35. The topological polar surface area (TPSA) is 61.7 Å². The standard InChI is InChI=1S/C13H12N2O2/c16-12-8-4-3-7-11(12)9-14-15-13(17)10-5-1-2-6-10/h1-10,16H,(H,15,17). The smallest absolute Gasteiger partial charge is 0.250 e. The van der Waals surface area contributed by atoms with Gasteiger partial charge in [-0.1, -0.05) is 36.4 Å². The SMILES string of the molecule is O=C(NN=Cc1ccccc1O)C1C=CC=C1. The van der Waals surface area contributed by atoms with Crippen LogP contribution in [0.3, 0.4) is 0 Å². The molecule has 0 saturated carbocycles. The molecular weight excluding hydrogens is 216 g/mol. The van der Waals surface area contributed by atoms with E-state index in [1.54, 1.807) is 36.4 Å². The Morgan fingerprint density at radius 3 is 2.71 bits per heavy atom. The number of nitrogens with zero attached hydrogens (tertiary/aromatic N) is 1. The number of para-hydroxylation sites is 1. The second kappa shape index (κ2) is 5.12. The number of rotatable bonds is 3. The molecule has 86 valence electrons. The number of amides is 1. The van der Waals surface area contributed by atoms with Gasteiger partial charge in [0.2, 0.25) is 0 Å². The van der Waals surface area contributed by atoms with Gasteiger partial charge in [-0.3, -0.25) is 4.79 Å². The molecular formula is C13H12N2O2. The molecule has 0 aliphatic heterocycles. The molecule has 0 aromatic heterocycles. The quantitative estimate of drug-likeness (QED) is 0.609. The minimum atomic E-state index is -0.253. The van der Waals surface area contributed by atoms with Crippen molar-refractivity contribution in [2.75, 3.05) is 0 Å². The van der Waals surface area contributed by atoms with Gasteiger partial charge in [-0.25, -0.2) is 5.43 Å². The Morgan fingerprint density at radius 2 is 2.00 bits per heavy atom. The van der Waals surface area contributed by atoms with E-state index < -0.39 is 0 Å². The van der Waals surface area contributed by atoms with Crippen molar-refractivity contribution < 1.29 is 9.90 Å². The Labute approximate surface area is 99.0 Å². The predicted octanol–water partition coefficient (Wildman–Crippen LogP) is 1.58. The monoisotopic (exact) mass is 228 g/mol. The Hall–Kier alpha value is -2.36. The van der Waals surface area contributed by atoms with Gasteiger partial charge in [0.1, 0.15) is 5.75 Å². The lowest BCUT2D eigenvalue weighted by Gasteiger charge is -2.02. The van der Waals surface area contributed by atoms with E-state index in [0.29, 0.717) is 5.56 Å². The van der Waals surface area contributed by atoms with Crippen molar-refractivity contribution in [3.63, 3.8) is 0 Å². The molecule has 2 rings (SSSR count). The summed E-state index contributed by atoms with van der Waals surface area (Å²) in [5, 5.41) is 13.3. The molecule has 17 heavy (non-hydrogen) atoms. The van der Waals surface area contributed by atoms with E-state index in [4.69, 9.17) is 0 Å². The van der Waals surface area contributed by atoms with Gasteiger partial charge in [0.05, 0.1) is 12.1 Å². The molecule has 4 heteroatoms. The van der Waals surface area contributed by atoms with E-state index in [2.05, 4.69) is 10.5 Å². The minimum Gasteiger partial charge on any atom is -0.507 e. The number of hydrogen-bond acceptors (Lipinski definition) is 3. The number of nitrogens with one attached hydrogen (secondary N) is 1. The highest BCUT2D eigenvalue weighted by molar-refractivity contribution is 5.87. The fourth-order valence-electron chi connectivity index (χ4n) is 1.44. The van der Waals surface area contributed by atoms with Gasteiger partial charge in [-0.2, -0.15) is 5.10 Å². The number of hydrogen-bond donors (Lipinski definition) is 2. The van der Waals surface area contributed by atoms with Crippen molar-refractivity contribution in [2.45, 2.75) is 0 Å². The number of aromatic hydroxyl groups is 1. The third-order valence-electron chi connectivity index (χ3n) is 2.37. The molecule has 1 aliphatic carbocycles. The summed E-state index contributed by atoms with van der Waals surface area (Å²) in [5.41, 5.74) is 2.98. The Balaban J connectivity index is 1.94. The Bertz CT molecular complexity index is 492. The van der Waals surface area contributed by atoms with Gasteiger partial charge in [0.15, 0.2) is 0 Å². The van der Waals surface area contributed by atoms with Crippen LogP contribution in [-0.4, -0.2) is 17.2 Å². The second-order valence-electron chi connectivity index (χ2n) is 3.59. The fourth-order valence-corrected chi connectivity index (χ4v) is 1.44. The lowest BCUT2D eigenvalue weighted by atomic mass is 10.2. The predicted molar refractivity (Wildman–Crippen MR) is 65.6 cm³/mol. The number of allylic oxidation sites excluding steroid dienone is 2. The van der Waals surface area contributed by atoms with E-state index in [1.165, 1.54) is 6.21 Å². The van der Waals surface area contributed by atoms with Crippen molar-refractivity contribution in [3.05, 3.63) is 54.1 Å². The molecule has 1 aromatic carbocycles. The molecule has 1 amide bonds. The van der Waals surface area contributed by atoms with Crippen molar-refractivity contribution in [3.8, 4) is 5.75 Å². The molecule has 0 bridgehead atoms. The van der Waals surface area contributed by atoms with Crippen LogP contribution in [0.5, 0.6) is 5.75 Å². The first-order valence-electron chi connectivity index (χ1n) is 5.23. The summed E-state index contributed by atoms with van der Waals surface area (Å²) >= 11 is 0. The second-order valence-corrected chi connectivity index (χ2v) is 3.59. The fraction of sp³-hybridized carbons (Fsp3) is 0.0769. The summed E-state index contributed by atoms with van der Waals surface area (Å²) in [5.74, 6) is -0.315. The van der Waals surface area contributed by atoms with Crippen LogP contribution in [0.25, 0.3) is 0 Å². The van der Waals surface area contributed by atoms with Crippen molar-refractivity contribution >= 4 is 12.1 Å². The lowest BCUT2D eigenvalue weighted by molar-refractivity contribution is -0.122. The highest BCUT2D eigenvalue weighted by Gasteiger charge is 2.12. The first-order chi connectivity index (χ1) is 8.27. The third kappa shape index (κ3) is 2.81. The van der Waals surface area contributed by atoms with E-state index in [1.807, 2.05) is 12.2 Å². The molecule has 4 nitrogen and oxygen atoms in total. The average Bonchev–Trinajstić information content (AvgIpc) is 2.85. The van der Waals surface area contributed by atoms with Gasteiger partial charge < -0.3 is 5.11 Å². The van der Waals surface area contributed by atoms with Gasteiger partial charge >= 0.3 is 0 Å². The molecule has 0 radical (unpaired) electrons. The molecule has 0 fully saturated rings. The van der Waals surface area contributed by atoms with Gasteiger partial charge in [-0.05, 0) is 12.1 Å². The highest BCUT2D eigenvalue weighted by atomic mass is 16.3. The molecule has 0 atom stereocenters. The maximum absolute atomic E-state index is 11.5. The molecule has 0 heterocycles. The summed E-state index contributed by atoms with van der Waals surface area (Å²) < 4.78 is 0. The highest BCUT2D eigenvalue weighted by Crippen LogP contribution is 2.12. The van der Waals surface area contributed by atoms with Crippen LogP contribution >= 0.6 is 0 Å². The maximum Gasteiger partial charge on any atom is 0.250 e. The summed E-state index contributed by atoms with van der Waals surface area (Å²) in [6.07, 6.45) is 8.61. The lowest BCUT2D eigenvalue weighted by Crippen LogP contribution is -2.23. The van der Waals surface area contributed by atoms with E-state index in [0.717, 1.165) is 0 Å². The first kappa shape index (κ1) is 11.1. The molecule has 2 N–H and O–H groups in total. The van der Waals surface area contributed by atoms with Crippen LogP contribution in [0, 0.1) is 5.92 Å². The van der Waals surface area contributed by atoms with Crippen molar-refractivity contribution in [2.24, 2.45) is 11.0 Å². The van der Waals surface area contributed by atoms with Gasteiger partial charge in [0.25, 0.3) is 5.91 Å². The van der Waals surface area contributed by atoms with Crippen LogP contribution < -0.4 is 5.43 Å². The van der Waals surface area contributed by atoms with Crippen LogP contribution in [0.15, 0.2) is 53.7 Å². The minimum absolute atomic E-state index is 0.131. The third-order valence-corrected chi connectivity index (χ3v) is 2.37. The number of phenols is 1. The number of benzene rings is 1. The zero-order valence-electron chi connectivity index (χ0n) is 9.08. The molecule has 0 spiro atoms. The van der Waals surface area contributed by atoms with Crippen molar-refractivity contribution in [1.29, 1.82) is 0 Å². The Morgan fingerprint density at radius 1 is 1.29 bits per heavy atom. The summed E-state index contributed by atoms with van der Waals surface area (Å²) in [6, 6.07) is 6.77. The van der Waals surface area contributed by atoms with E-state index in [-0.39, 0.29) is 17.6 Å². The zero-order valence-corrected chi connectivity index (χ0v) is 9.08. The molecule has 0 saturated heterocycles. The van der Waals surface area contributed by atoms with Crippen LogP contribution in [0.2, 0.25) is 0 Å². The molecule has 1 aliphatic rings. The number of carbonyl (C=O) groups excluding carboxylic acids is 1. The summed E-state index contributed by atoms with van der Waals surface area (Å²) in [7, 11) is 0. The van der Waals surface area contributed by atoms with Gasteiger partial charge in [-0.15, -0.1) is 0 Å². The number of hydrazone groups is 1. The van der Waals surface area contributed by atoms with Crippen LogP contribution in [0.1, 0.15) is 5.56 Å². The van der Waals surface area contributed by atoms with Crippen molar-refractivity contribution in [1.82, 2.24) is 5.43 Å². The zero-order chi connectivity index (χ0) is 12.1. The largest absolute Gasteiger partial charge is 0.507 e. The van der Waals surface area contributed by atoms with Gasteiger partial charge in [0, 0.05) is 5.56 Å². The number of phenolic OH excluding ortho intramolecular Hbond substituents is 1. The van der Waals surface area contributed by atoms with E-state index >= 15 is 0 Å². The normalized spacial score (nSPS) is 14.6.